The molecule has 1 fully saturated rings. The van der Waals surface area contributed by atoms with Gasteiger partial charge in [-0.3, -0.25) is 9.59 Å². The molecule has 0 radical (unpaired) electrons. The molecule has 2 unspecified atom stereocenters. The lowest BCUT2D eigenvalue weighted by Crippen LogP contribution is -2.13. The minimum atomic E-state index is -0.739. The number of ketones is 1. The van der Waals surface area contributed by atoms with Crippen LogP contribution in [0.3, 0.4) is 0 Å². The molecule has 2 rings (SSSR count). The van der Waals surface area contributed by atoms with Crippen molar-refractivity contribution in [2.75, 3.05) is 0 Å². The highest BCUT2D eigenvalue weighted by Gasteiger charge is 2.32. The van der Waals surface area contributed by atoms with E-state index in [1.54, 1.807) is 6.07 Å². The molecule has 132 valence electrons. The monoisotopic (exact) mass is 339 g/mol. The average Bonchev–Trinajstić information content (AvgIpc) is 2.96. The van der Waals surface area contributed by atoms with E-state index in [9.17, 15) is 9.59 Å². The Kier molecular flexibility index (Phi) is 7.40. The Hall–Kier alpha value is -2.41. The molecule has 0 spiro atoms. The number of carboxylic acids is 1. The molecular weight excluding hydrogens is 314 g/mol. The van der Waals surface area contributed by atoms with Gasteiger partial charge in [0.25, 0.3) is 0 Å². The van der Waals surface area contributed by atoms with Gasteiger partial charge in [-0.2, -0.15) is 5.26 Å². The summed E-state index contributed by atoms with van der Waals surface area (Å²) in [4.78, 5) is 22.6. The number of nitrogens with zero attached hydrogens (tertiary/aromatic N) is 1. The van der Waals surface area contributed by atoms with Gasteiger partial charge in [0, 0.05) is 18.8 Å². The number of benzene rings is 1. The second-order valence-corrected chi connectivity index (χ2v) is 6.72. The van der Waals surface area contributed by atoms with Crippen molar-refractivity contribution in [2.24, 2.45) is 11.8 Å². The zero-order valence-corrected chi connectivity index (χ0v) is 14.5. The van der Waals surface area contributed by atoms with Crippen LogP contribution in [0.4, 0.5) is 0 Å². The summed E-state index contributed by atoms with van der Waals surface area (Å²) in [6, 6.07) is 9.60. The number of carbonyl (C=O) groups is 2. The van der Waals surface area contributed by atoms with Crippen LogP contribution in [-0.4, -0.2) is 16.9 Å². The number of hydrogen-bond acceptors (Lipinski definition) is 3. The standard InChI is InChI=1S/C21H25NO3/c22-15-17-7-5-6-16(14-17)10-11-18-12-13-20(23)19(18)8-3-1-2-4-9-21(24)25/h5-7,10-11,14,18-19H,1-4,8-9,12-13H2,(H,24,25)/b11-10+. The van der Waals surface area contributed by atoms with Gasteiger partial charge in [-0.15, -0.1) is 0 Å². The van der Waals surface area contributed by atoms with Gasteiger partial charge >= 0.3 is 5.97 Å². The van der Waals surface area contributed by atoms with E-state index >= 15 is 0 Å². The van der Waals surface area contributed by atoms with Gasteiger partial charge in [0.05, 0.1) is 11.6 Å². The van der Waals surface area contributed by atoms with Crippen molar-refractivity contribution in [2.45, 2.75) is 51.4 Å². The topological polar surface area (TPSA) is 78.2 Å². The van der Waals surface area contributed by atoms with Crippen molar-refractivity contribution in [3.05, 3.63) is 41.5 Å². The first-order chi connectivity index (χ1) is 12.1. The first-order valence-corrected chi connectivity index (χ1v) is 9.03. The molecule has 4 heteroatoms. The molecule has 1 aliphatic rings. The number of rotatable bonds is 9. The molecule has 0 saturated heterocycles. The summed E-state index contributed by atoms with van der Waals surface area (Å²) < 4.78 is 0. The van der Waals surface area contributed by atoms with E-state index in [1.165, 1.54) is 0 Å². The first-order valence-electron chi connectivity index (χ1n) is 9.03. The number of nitriles is 1. The lowest BCUT2D eigenvalue weighted by molar-refractivity contribution is -0.137. The number of unbranched alkanes of at least 4 members (excludes halogenated alkanes) is 3. The quantitative estimate of drug-likeness (QED) is 0.667. The lowest BCUT2D eigenvalue weighted by atomic mass is 9.89. The predicted octanol–water partition coefficient (Wildman–Crippen LogP) is 4.59. The third-order valence-corrected chi connectivity index (χ3v) is 4.86. The van der Waals surface area contributed by atoms with Crippen molar-refractivity contribution in [3.63, 3.8) is 0 Å². The van der Waals surface area contributed by atoms with Gasteiger partial charge in [0.1, 0.15) is 5.78 Å². The molecule has 1 saturated carbocycles. The Labute approximate surface area is 149 Å². The molecule has 0 aromatic heterocycles. The Morgan fingerprint density at radius 1 is 1.28 bits per heavy atom. The molecule has 1 aromatic rings. The van der Waals surface area contributed by atoms with Crippen LogP contribution in [0.5, 0.6) is 0 Å². The molecule has 4 nitrogen and oxygen atoms in total. The van der Waals surface area contributed by atoms with Crippen molar-refractivity contribution < 1.29 is 14.7 Å². The van der Waals surface area contributed by atoms with E-state index in [0.29, 0.717) is 24.2 Å². The normalized spacial score (nSPS) is 20.0. The highest BCUT2D eigenvalue weighted by molar-refractivity contribution is 5.84. The van der Waals surface area contributed by atoms with E-state index in [-0.39, 0.29) is 18.3 Å². The third kappa shape index (κ3) is 6.19. The summed E-state index contributed by atoms with van der Waals surface area (Å²) in [6.07, 6.45) is 10.4. The number of carboxylic acid groups (broad SMARTS) is 1. The molecule has 0 aliphatic heterocycles. The Balaban J connectivity index is 1.83. The number of carbonyl (C=O) groups excluding carboxylic acids is 1. The van der Waals surface area contributed by atoms with Crippen LogP contribution in [0.2, 0.25) is 0 Å². The molecule has 1 aromatic carbocycles. The van der Waals surface area contributed by atoms with E-state index in [0.717, 1.165) is 37.7 Å². The molecule has 0 bridgehead atoms. The maximum Gasteiger partial charge on any atom is 0.303 e. The second kappa shape index (κ2) is 9.78. The minimum absolute atomic E-state index is 0.0925. The summed E-state index contributed by atoms with van der Waals surface area (Å²) in [7, 11) is 0. The maximum absolute atomic E-state index is 12.2. The van der Waals surface area contributed by atoms with E-state index in [4.69, 9.17) is 10.4 Å². The van der Waals surface area contributed by atoms with Crippen LogP contribution in [0.15, 0.2) is 30.3 Å². The van der Waals surface area contributed by atoms with Crippen molar-refractivity contribution in [1.29, 1.82) is 5.26 Å². The molecule has 25 heavy (non-hydrogen) atoms. The van der Waals surface area contributed by atoms with Gasteiger partial charge in [0.15, 0.2) is 0 Å². The van der Waals surface area contributed by atoms with Gasteiger partial charge in [0.2, 0.25) is 0 Å². The van der Waals surface area contributed by atoms with Crippen molar-refractivity contribution in [3.8, 4) is 6.07 Å². The fourth-order valence-electron chi connectivity index (χ4n) is 3.48. The molecule has 0 amide bonds. The summed E-state index contributed by atoms with van der Waals surface area (Å²) in [5.41, 5.74) is 1.63. The van der Waals surface area contributed by atoms with Crippen LogP contribution >= 0.6 is 0 Å². The van der Waals surface area contributed by atoms with Crippen LogP contribution in [0.1, 0.15) is 62.5 Å². The first kappa shape index (κ1) is 18.9. The Bertz CT molecular complexity index is 672. The number of aliphatic carboxylic acids is 1. The minimum Gasteiger partial charge on any atom is -0.481 e. The van der Waals surface area contributed by atoms with E-state index < -0.39 is 5.97 Å². The number of hydrogen-bond donors (Lipinski definition) is 1. The van der Waals surface area contributed by atoms with Crippen LogP contribution < -0.4 is 0 Å². The highest BCUT2D eigenvalue weighted by atomic mass is 16.4. The van der Waals surface area contributed by atoms with Gasteiger partial charge in [-0.1, -0.05) is 43.5 Å². The van der Waals surface area contributed by atoms with E-state index in [2.05, 4.69) is 12.1 Å². The average molecular weight is 339 g/mol. The number of Topliss-reactive ketones (excluding diaryl/α,β-unsaturated/α-hetero) is 1. The summed E-state index contributed by atoms with van der Waals surface area (Å²) in [6.45, 7) is 0. The largest absolute Gasteiger partial charge is 0.481 e. The summed E-state index contributed by atoms with van der Waals surface area (Å²) in [5.74, 6) is -0.0188. The maximum atomic E-state index is 12.2. The smallest absolute Gasteiger partial charge is 0.303 e. The SMILES string of the molecule is N#Cc1cccc(/C=C/C2CCC(=O)C2CCCCCCC(=O)O)c1. The van der Waals surface area contributed by atoms with Crippen molar-refractivity contribution >= 4 is 17.8 Å². The van der Waals surface area contributed by atoms with Crippen LogP contribution in [0, 0.1) is 23.2 Å². The van der Waals surface area contributed by atoms with Gasteiger partial charge in [-0.05, 0) is 42.9 Å². The lowest BCUT2D eigenvalue weighted by Gasteiger charge is -2.14. The zero-order chi connectivity index (χ0) is 18.1. The fourth-order valence-corrected chi connectivity index (χ4v) is 3.48. The molecule has 1 aliphatic carbocycles. The second-order valence-electron chi connectivity index (χ2n) is 6.72. The van der Waals surface area contributed by atoms with E-state index in [1.807, 2.05) is 24.3 Å². The molecule has 0 heterocycles. The Morgan fingerprint density at radius 3 is 2.84 bits per heavy atom. The van der Waals surface area contributed by atoms with Crippen LogP contribution in [0.25, 0.3) is 6.08 Å². The van der Waals surface area contributed by atoms with Gasteiger partial charge < -0.3 is 5.11 Å². The predicted molar refractivity (Wildman–Crippen MR) is 96.7 cm³/mol. The Morgan fingerprint density at radius 2 is 2.08 bits per heavy atom. The molecule has 1 N–H and O–H groups in total. The van der Waals surface area contributed by atoms with Crippen molar-refractivity contribution in [1.82, 2.24) is 0 Å². The zero-order valence-electron chi connectivity index (χ0n) is 14.5. The van der Waals surface area contributed by atoms with Crippen LogP contribution in [-0.2, 0) is 9.59 Å². The third-order valence-electron chi connectivity index (χ3n) is 4.86. The molecular formula is C21H25NO3. The summed E-state index contributed by atoms with van der Waals surface area (Å²) in [5, 5.41) is 17.6. The fraction of sp³-hybridized carbons (Fsp3) is 0.476. The molecule has 2 atom stereocenters. The van der Waals surface area contributed by atoms with Gasteiger partial charge in [-0.25, -0.2) is 0 Å². The highest BCUT2D eigenvalue weighted by Crippen LogP contribution is 2.34. The number of allylic oxidation sites excluding steroid dienone is 1. The summed E-state index contributed by atoms with van der Waals surface area (Å²) >= 11 is 0.